The second-order valence-corrected chi connectivity index (χ2v) is 4.11. The Hall–Kier alpha value is -2.00. The molecule has 0 aliphatic carbocycles. The Morgan fingerprint density at radius 1 is 1.00 bits per heavy atom. The molecule has 0 heterocycles. The van der Waals surface area contributed by atoms with Crippen molar-refractivity contribution in [1.82, 2.24) is 0 Å². The summed E-state index contributed by atoms with van der Waals surface area (Å²) in [6, 6.07) is 0. The third-order valence-corrected chi connectivity index (χ3v) is 2.28. The number of ether oxygens (including phenoxy) is 3. The zero-order valence-corrected chi connectivity index (χ0v) is 11.8. The standard InChI is InChI=1S/C12H18O9/c1-6(15)19-9(4-13)11(18)12(21-8(3)17)10(5-14)20-7(2)16/h5,9-13,18H,4H2,1-3H3/t9-,10+,11-,12-/m1/s1. The molecule has 0 aliphatic rings. The predicted molar refractivity (Wildman–Crippen MR) is 65.8 cm³/mol. The average Bonchev–Trinajstić information content (AvgIpc) is 2.38. The van der Waals surface area contributed by atoms with Crippen LogP contribution in [0, 0.1) is 0 Å². The molecular formula is C12H18O9. The Kier molecular flexibility index (Phi) is 8.17. The maximum absolute atomic E-state index is 11.0. The van der Waals surface area contributed by atoms with Crippen LogP contribution in [0.3, 0.4) is 0 Å². The van der Waals surface area contributed by atoms with Gasteiger partial charge in [-0.1, -0.05) is 0 Å². The minimum Gasteiger partial charge on any atom is -0.457 e. The lowest BCUT2D eigenvalue weighted by molar-refractivity contribution is -0.188. The van der Waals surface area contributed by atoms with Crippen LogP contribution in [0.1, 0.15) is 20.8 Å². The van der Waals surface area contributed by atoms with Crippen LogP contribution >= 0.6 is 0 Å². The van der Waals surface area contributed by atoms with Crippen LogP contribution in [0.5, 0.6) is 0 Å². The zero-order valence-electron chi connectivity index (χ0n) is 11.8. The molecule has 0 fully saturated rings. The molecule has 0 saturated carbocycles. The van der Waals surface area contributed by atoms with Gasteiger partial charge >= 0.3 is 17.9 Å². The van der Waals surface area contributed by atoms with Gasteiger partial charge in [0.1, 0.15) is 6.10 Å². The molecule has 0 aromatic carbocycles. The number of esters is 3. The summed E-state index contributed by atoms with van der Waals surface area (Å²) in [6.07, 6.45) is -6.30. The second kappa shape index (κ2) is 9.03. The van der Waals surface area contributed by atoms with Crippen molar-refractivity contribution < 1.29 is 43.6 Å². The zero-order chi connectivity index (χ0) is 16.6. The molecule has 4 atom stereocenters. The molecule has 0 aromatic rings. The average molecular weight is 306 g/mol. The molecular weight excluding hydrogens is 288 g/mol. The normalized spacial score (nSPS) is 16.0. The lowest BCUT2D eigenvalue weighted by atomic mass is 10.0. The largest absolute Gasteiger partial charge is 0.457 e. The van der Waals surface area contributed by atoms with Crippen LogP contribution < -0.4 is 0 Å². The van der Waals surface area contributed by atoms with Crippen LogP contribution in [-0.4, -0.2) is 65.4 Å². The number of rotatable bonds is 8. The Morgan fingerprint density at radius 2 is 1.48 bits per heavy atom. The molecule has 0 unspecified atom stereocenters. The SMILES string of the molecule is CC(=O)O[C@@H]([C@H](O)[C@@H](CO)OC(C)=O)[C@H](C=O)OC(C)=O. The van der Waals surface area contributed by atoms with E-state index in [4.69, 9.17) is 9.84 Å². The van der Waals surface area contributed by atoms with Crippen LogP contribution in [0.4, 0.5) is 0 Å². The van der Waals surface area contributed by atoms with E-state index in [-0.39, 0.29) is 6.29 Å². The van der Waals surface area contributed by atoms with E-state index in [0.717, 1.165) is 20.8 Å². The molecule has 0 spiro atoms. The van der Waals surface area contributed by atoms with Gasteiger partial charge in [-0.05, 0) is 0 Å². The third kappa shape index (κ3) is 6.82. The van der Waals surface area contributed by atoms with E-state index in [1.54, 1.807) is 0 Å². The van der Waals surface area contributed by atoms with E-state index >= 15 is 0 Å². The van der Waals surface area contributed by atoms with Gasteiger partial charge in [0.25, 0.3) is 0 Å². The Morgan fingerprint density at radius 3 is 1.81 bits per heavy atom. The molecule has 0 rings (SSSR count). The summed E-state index contributed by atoms with van der Waals surface area (Å²) >= 11 is 0. The molecule has 0 aromatic heterocycles. The van der Waals surface area contributed by atoms with Crippen molar-refractivity contribution in [3.8, 4) is 0 Å². The van der Waals surface area contributed by atoms with E-state index in [1.807, 2.05) is 0 Å². The first-order valence-electron chi connectivity index (χ1n) is 5.98. The molecule has 120 valence electrons. The number of aldehydes is 1. The summed E-state index contributed by atoms with van der Waals surface area (Å²) in [4.78, 5) is 43.8. The van der Waals surface area contributed by atoms with Crippen molar-refractivity contribution >= 4 is 24.2 Å². The molecule has 0 bridgehead atoms. The molecule has 9 nitrogen and oxygen atoms in total. The van der Waals surface area contributed by atoms with Crippen molar-refractivity contribution in [2.45, 2.75) is 45.2 Å². The van der Waals surface area contributed by atoms with Gasteiger partial charge in [-0.2, -0.15) is 0 Å². The van der Waals surface area contributed by atoms with E-state index < -0.39 is 48.9 Å². The van der Waals surface area contributed by atoms with E-state index in [1.165, 1.54) is 0 Å². The van der Waals surface area contributed by atoms with Gasteiger partial charge in [0.05, 0.1) is 6.61 Å². The van der Waals surface area contributed by atoms with Crippen molar-refractivity contribution in [3.63, 3.8) is 0 Å². The summed E-state index contributed by atoms with van der Waals surface area (Å²) in [5.74, 6) is -2.51. The maximum Gasteiger partial charge on any atom is 0.303 e. The summed E-state index contributed by atoms with van der Waals surface area (Å²) in [5.41, 5.74) is 0. The lowest BCUT2D eigenvalue weighted by Crippen LogP contribution is -2.51. The quantitative estimate of drug-likeness (QED) is 0.306. The lowest BCUT2D eigenvalue weighted by Gasteiger charge is -2.30. The maximum atomic E-state index is 11.0. The highest BCUT2D eigenvalue weighted by atomic mass is 16.6. The summed E-state index contributed by atoms with van der Waals surface area (Å²) in [5, 5.41) is 19.1. The molecule has 0 radical (unpaired) electrons. The number of aliphatic hydroxyl groups excluding tert-OH is 2. The minimum atomic E-state index is -1.77. The monoisotopic (exact) mass is 306 g/mol. The topological polar surface area (TPSA) is 136 Å². The van der Waals surface area contributed by atoms with E-state index in [0.29, 0.717) is 0 Å². The number of carbonyl (C=O) groups is 4. The van der Waals surface area contributed by atoms with Crippen LogP contribution in [0.2, 0.25) is 0 Å². The van der Waals surface area contributed by atoms with Crippen LogP contribution in [-0.2, 0) is 33.4 Å². The molecule has 0 saturated heterocycles. The van der Waals surface area contributed by atoms with Gasteiger partial charge < -0.3 is 24.4 Å². The predicted octanol–water partition coefficient (Wildman–Crippen LogP) is -1.67. The molecule has 0 amide bonds. The van der Waals surface area contributed by atoms with Gasteiger partial charge in [0.2, 0.25) is 0 Å². The van der Waals surface area contributed by atoms with Crippen LogP contribution in [0.15, 0.2) is 0 Å². The van der Waals surface area contributed by atoms with E-state index in [9.17, 15) is 24.3 Å². The molecule has 2 N–H and O–H groups in total. The number of aliphatic hydroxyl groups is 2. The highest BCUT2D eigenvalue weighted by Gasteiger charge is 2.39. The van der Waals surface area contributed by atoms with E-state index in [2.05, 4.69) is 9.47 Å². The molecule has 0 aliphatic heterocycles. The fourth-order valence-electron chi connectivity index (χ4n) is 1.53. The number of carbonyl (C=O) groups excluding carboxylic acids is 4. The van der Waals surface area contributed by atoms with Crippen LogP contribution in [0.25, 0.3) is 0 Å². The van der Waals surface area contributed by atoms with Gasteiger partial charge in [0, 0.05) is 20.8 Å². The number of hydrogen-bond acceptors (Lipinski definition) is 9. The summed E-state index contributed by atoms with van der Waals surface area (Å²) in [7, 11) is 0. The van der Waals surface area contributed by atoms with Gasteiger partial charge in [0.15, 0.2) is 24.6 Å². The van der Waals surface area contributed by atoms with Crippen molar-refractivity contribution in [3.05, 3.63) is 0 Å². The summed E-state index contributed by atoms with van der Waals surface area (Å²) in [6.45, 7) is 2.28. The van der Waals surface area contributed by atoms with Crippen molar-refractivity contribution in [1.29, 1.82) is 0 Å². The first-order valence-corrected chi connectivity index (χ1v) is 5.98. The van der Waals surface area contributed by atoms with Crippen molar-refractivity contribution in [2.75, 3.05) is 6.61 Å². The van der Waals surface area contributed by atoms with Gasteiger partial charge in [-0.3, -0.25) is 19.2 Å². The first kappa shape index (κ1) is 19.0. The second-order valence-electron chi connectivity index (χ2n) is 4.11. The fraction of sp³-hybridized carbons (Fsp3) is 0.667. The fourth-order valence-corrected chi connectivity index (χ4v) is 1.53. The molecule has 21 heavy (non-hydrogen) atoms. The smallest absolute Gasteiger partial charge is 0.303 e. The minimum absolute atomic E-state index is 0.153. The summed E-state index contributed by atoms with van der Waals surface area (Å²) < 4.78 is 14.0. The van der Waals surface area contributed by atoms with Gasteiger partial charge in [-0.15, -0.1) is 0 Å². The Balaban J connectivity index is 5.25. The first-order chi connectivity index (χ1) is 9.72. The number of hydrogen-bond donors (Lipinski definition) is 2. The van der Waals surface area contributed by atoms with Crippen molar-refractivity contribution in [2.24, 2.45) is 0 Å². The Bertz CT molecular complexity index is 392. The molecule has 9 heteroatoms. The van der Waals surface area contributed by atoms with Gasteiger partial charge in [-0.25, -0.2) is 0 Å². The Labute approximate surface area is 120 Å². The highest BCUT2D eigenvalue weighted by Crippen LogP contribution is 2.14. The highest BCUT2D eigenvalue weighted by molar-refractivity contribution is 5.71. The third-order valence-electron chi connectivity index (χ3n) is 2.28.